The molecule has 1 aliphatic heterocycles. The van der Waals surface area contributed by atoms with Crippen molar-refractivity contribution < 1.29 is 14.8 Å². The van der Waals surface area contributed by atoms with Crippen LogP contribution in [0.15, 0.2) is 6.33 Å². The molecule has 1 aromatic rings. The van der Waals surface area contributed by atoms with E-state index in [2.05, 4.69) is 15.3 Å². The Morgan fingerprint density at radius 1 is 1.53 bits per heavy atom. The molecule has 1 aliphatic rings. The SMILES string of the molecule is Nc1ncnc(NC2(CO)CCOCC2)c1[N+](=O)[O-]. The Kier molecular flexibility index (Phi) is 3.76. The molecule has 0 saturated carbocycles. The van der Waals surface area contributed by atoms with Crippen LogP contribution >= 0.6 is 0 Å². The van der Waals surface area contributed by atoms with Crippen LogP contribution in [-0.4, -0.2) is 45.4 Å². The highest BCUT2D eigenvalue weighted by atomic mass is 16.6. The van der Waals surface area contributed by atoms with Gasteiger partial charge in [-0.1, -0.05) is 0 Å². The largest absolute Gasteiger partial charge is 0.394 e. The number of nitro groups is 1. The minimum absolute atomic E-state index is 0.0217. The molecule has 0 aromatic carbocycles. The van der Waals surface area contributed by atoms with Crippen LogP contribution in [0.25, 0.3) is 0 Å². The standard InChI is InChI=1S/C10H15N5O4/c11-8-7(15(17)18)9(13-6-12-8)14-10(5-16)1-3-19-4-2-10/h6,16H,1-5H2,(H3,11,12,13,14). The predicted octanol–water partition coefficient (Wildman–Crippen LogP) is -0.0796. The fourth-order valence-corrected chi connectivity index (χ4v) is 2.00. The molecule has 0 amide bonds. The molecule has 9 heteroatoms. The predicted molar refractivity (Wildman–Crippen MR) is 66.6 cm³/mol. The van der Waals surface area contributed by atoms with E-state index in [0.29, 0.717) is 26.1 Å². The number of nitrogens with two attached hydrogens (primary N) is 1. The summed E-state index contributed by atoms with van der Waals surface area (Å²) in [5.74, 6) is -0.184. The third-order valence-electron chi connectivity index (χ3n) is 3.17. The van der Waals surface area contributed by atoms with E-state index in [9.17, 15) is 15.2 Å². The maximum atomic E-state index is 11.0. The molecule has 1 saturated heterocycles. The molecule has 0 unspecified atom stereocenters. The number of aliphatic hydroxyl groups is 1. The monoisotopic (exact) mass is 269 g/mol. The number of hydrogen-bond acceptors (Lipinski definition) is 8. The van der Waals surface area contributed by atoms with E-state index in [4.69, 9.17) is 10.5 Å². The van der Waals surface area contributed by atoms with Gasteiger partial charge in [0.25, 0.3) is 0 Å². The van der Waals surface area contributed by atoms with Crippen molar-refractivity contribution in [2.45, 2.75) is 18.4 Å². The zero-order chi connectivity index (χ0) is 13.9. The van der Waals surface area contributed by atoms with Crippen LogP contribution in [0, 0.1) is 10.1 Å². The smallest absolute Gasteiger partial charge is 0.353 e. The first kappa shape index (κ1) is 13.4. The van der Waals surface area contributed by atoms with Gasteiger partial charge in [-0.25, -0.2) is 9.97 Å². The summed E-state index contributed by atoms with van der Waals surface area (Å²) in [5, 5.41) is 23.5. The van der Waals surface area contributed by atoms with E-state index in [1.54, 1.807) is 0 Å². The third-order valence-corrected chi connectivity index (χ3v) is 3.17. The summed E-state index contributed by atoms with van der Waals surface area (Å²) in [5.41, 5.74) is 4.44. The highest BCUT2D eigenvalue weighted by molar-refractivity contribution is 5.67. The lowest BCUT2D eigenvalue weighted by molar-refractivity contribution is -0.383. The maximum absolute atomic E-state index is 11.0. The molecule has 0 bridgehead atoms. The molecular weight excluding hydrogens is 254 g/mol. The van der Waals surface area contributed by atoms with Crippen molar-refractivity contribution >= 4 is 17.3 Å². The fraction of sp³-hybridized carbons (Fsp3) is 0.600. The number of ether oxygens (including phenoxy) is 1. The van der Waals surface area contributed by atoms with Crippen molar-refractivity contribution in [1.29, 1.82) is 0 Å². The number of nitrogens with one attached hydrogen (secondary N) is 1. The molecule has 1 fully saturated rings. The molecule has 1 aromatic heterocycles. The van der Waals surface area contributed by atoms with Crippen molar-refractivity contribution in [3.8, 4) is 0 Å². The maximum Gasteiger partial charge on any atom is 0.353 e. The summed E-state index contributed by atoms with van der Waals surface area (Å²) in [6.45, 7) is 0.779. The molecule has 4 N–H and O–H groups in total. The Morgan fingerprint density at radius 3 is 2.79 bits per heavy atom. The number of aromatic nitrogens is 2. The van der Waals surface area contributed by atoms with Gasteiger partial charge < -0.3 is 20.9 Å². The van der Waals surface area contributed by atoms with Crippen LogP contribution in [0.4, 0.5) is 17.3 Å². The van der Waals surface area contributed by atoms with Crippen molar-refractivity contribution in [1.82, 2.24) is 9.97 Å². The Labute approximate surface area is 109 Å². The van der Waals surface area contributed by atoms with Gasteiger partial charge in [0, 0.05) is 13.2 Å². The van der Waals surface area contributed by atoms with E-state index < -0.39 is 10.5 Å². The van der Waals surface area contributed by atoms with Crippen molar-refractivity contribution in [2.24, 2.45) is 0 Å². The highest BCUT2D eigenvalue weighted by Gasteiger charge is 2.35. The second-order valence-electron chi connectivity index (χ2n) is 4.39. The summed E-state index contributed by atoms with van der Waals surface area (Å²) < 4.78 is 5.22. The zero-order valence-corrected chi connectivity index (χ0v) is 10.2. The van der Waals surface area contributed by atoms with Gasteiger partial charge in [-0.05, 0) is 12.8 Å². The van der Waals surface area contributed by atoms with Gasteiger partial charge >= 0.3 is 5.69 Å². The minimum atomic E-state index is -0.677. The second kappa shape index (κ2) is 5.33. The average molecular weight is 269 g/mol. The Hall–Kier alpha value is -2.00. The molecule has 2 rings (SSSR count). The van der Waals surface area contributed by atoms with Gasteiger partial charge in [0.1, 0.15) is 6.33 Å². The summed E-state index contributed by atoms with van der Waals surface area (Å²) in [6, 6.07) is 0. The normalized spacial score (nSPS) is 17.9. The molecule has 0 aliphatic carbocycles. The number of aliphatic hydroxyl groups excluding tert-OH is 1. The number of nitrogen functional groups attached to an aromatic ring is 1. The highest BCUT2D eigenvalue weighted by Crippen LogP contribution is 2.32. The summed E-state index contributed by atoms with van der Waals surface area (Å²) in [4.78, 5) is 17.8. The molecule has 0 radical (unpaired) electrons. The molecule has 0 spiro atoms. The van der Waals surface area contributed by atoms with Crippen LogP contribution in [0.3, 0.4) is 0 Å². The fourth-order valence-electron chi connectivity index (χ4n) is 2.00. The van der Waals surface area contributed by atoms with Gasteiger partial charge in [-0.3, -0.25) is 10.1 Å². The number of nitrogens with zero attached hydrogens (tertiary/aromatic N) is 3. The van der Waals surface area contributed by atoms with Crippen LogP contribution in [0.2, 0.25) is 0 Å². The van der Waals surface area contributed by atoms with Gasteiger partial charge in [-0.15, -0.1) is 0 Å². The lowest BCUT2D eigenvalue weighted by Gasteiger charge is -2.36. The Morgan fingerprint density at radius 2 is 2.21 bits per heavy atom. The van der Waals surface area contributed by atoms with E-state index in [1.165, 1.54) is 0 Å². The summed E-state index contributed by atoms with van der Waals surface area (Å²) >= 11 is 0. The summed E-state index contributed by atoms with van der Waals surface area (Å²) in [7, 11) is 0. The summed E-state index contributed by atoms with van der Waals surface area (Å²) in [6.07, 6.45) is 2.21. The number of rotatable bonds is 4. The number of anilines is 2. The quantitative estimate of drug-likeness (QED) is 0.510. The number of hydrogen-bond donors (Lipinski definition) is 3. The molecule has 2 heterocycles. The topological polar surface area (TPSA) is 136 Å². The third kappa shape index (κ3) is 2.71. The molecular formula is C10H15N5O4. The van der Waals surface area contributed by atoms with Crippen molar-refractivity contribution in [3.05, 3.63) is 16.4 Å². The first-order chi connectivity index (χ1) is 9.08. The van der Waals surface area contributed by atoms with Crippen molar-refractivity contribution in [2.75, 3.05) is 30.9 Å². The molecule has 104 valence electrons. The lowest BCUT2D eigenvalue weighted by atomic mass is 9.91. The van der Waals surface area contributed by atoms with Gasteiger partial charge in [0.15, 0.2) is 0 Å². The Bertz CT molecular complexity index is 475. The van der Waals surface area contributed by atoms with Crippen molar-refractivity contribution in [3.63, 3.8) is 0 Å². The van der Waals surface area contributed by atoms with Crippen LogP contribution in [-0.2, 0) is 4.74 Å². The van der Waals surface area contributed by atoms with Crippen LogP contribution in [0.1, 0.15) is 12.8 Å². The van der Waals surface area contributed by atoms with Gasteiger partial charge in [0.2, 0.25) is 11.6 Å². The molecule has 0 atom stereocenters. The van der Waals surface area contributed by atoms with Crippen LogP contribution in [0.5, 0.6) is 0 Å². The lowest BCUT2D eigenvalue weighted by Crippen LogP contribution is -2.47. The first-order valence-corrected chi connectivity index (χ1v) is 5.80. The van der Waals surface area contributed by atoms with E-state index in [0.717, 1.165) is 6.33 Å². The van der Waals surface area contributed by atoms with E-state index in [1.807, 2.05) is 0 Å². The molecule has 19 heavy (non-hydrogen) atoms. The molecule has 9 nitrogen and oxygen atoms in total. The Balaban J connectivity index is 2.31. The van der Waals surface area contributed by atoms with Crippen LogP contribution < -0.4 is 11.1 Å². The van der Waals surface area contributed by atoms with E-state index in [-0.39, 0.29) is 23.9 Å². The average Bonchev–Trinajstić information content (AvgIpc) is 2.39. The van der Waals surface area contributed by atoms with E-state index >= 15 is 0 Å². The van der Waals surface area contributed by atoms with Gasteiger partial charge in [-0.2, -0.15) is 0 Å². The zero-order valence-electron chi connectivity index (χ0n) is 10.2. The minimum Gasteiger partial charge on any atom is -0.394 e. The van der Waals surface area contributed by atoms with Gasteiger partial charge in [0.05, 0.1) is 17.1 Å². The first-order valence-electron chi connectivity index (χ1n) is 5.80. The second-order valence-corrected chi connectivity index (χ2v) is 4.39.